The number of hydrogen-bond acceptors (Lipinski definition) is 6. The molecule has 0 spiro atoms. The summed E-state index contributed by atoms with van der Waals surface area (Å²) in [5.74, 6) is 1.79. The number of pyridine rings is 1. The fourth-order valence-electron chi connectivity index (χ4n) is 6.81. The molecule has 4 aromatic heterocycles. The number of para-hydroxylation sites is 2. The molecule has 4 heterocycles. The average molecular weight is 617 g/mol. The van der Waals surface area contributed by atoms with Crippen molar-refractivity contribution in [2.75, 3.05) is 0 Å². The molecular formula is C42H24N4O2. The molecule has 0 aliphatic carbocycles. The summed E-state index contributed by atoms with van der Waals surface area (Å²) >= 11 is 0. The maximum atomic E-state index is 6.20. The van der Waals surface area contributed by atoms with E-state index in [1.54, 1.807) is 0 Å². The highest BCUT2D eigenvalue weighted by Crippen LogP contribution is 2.39. The van der Waals surface area contributed by atoms with Gasteiger partial charge in [-0.05, 0) is 41.1 Å². The second-order valence-electron chi connectivity index (χ2n) is 11.8. The summed E-state index contributed by atoms with van der Waals surface area (Å²) in [7, 11) is 0. The standard InChI is InChI=1S/C42H24N4O2/c1-2-10-25(11-3-1)40-44-41(46-42(45-40)32-16-9-19-35-37(32)30-13-4-6-17-33(30)47-35)27-20-21-28-26(24-27)12-8-15-29(28)39-38-31-14-5-7-18-34(31)48-36(38)22-23-43-39/h1-24H. The lowest BCUT2D eigenvalue weighted by Gasteiger charge is -2.11. The first-order valence-corrected chi connectivity index (χ1v) is 15.8. The Morgan fingerprint density at radius 3 is 1.83 bits per heavy atom. The van der Waals surface area contributed by atoms with Gasteiger partial charge in [0.05, 0.1) is 11.1 Å². The Kier molecular flexibility index (Phi) is 5.77. The Bertz CT molecular complexity index is 2850. The van der Waals surface area contributed by atoms with Crippen LogP contribution in [0.15, 0.2) is 155 Å². The molecule has 0 amide bonds. The summed E-state index contributed by atoms with van der Waals surface area (Å²) in [5.41, 5.74) is 7.94. The van der Waals surface area contributed by atoms with Crippen molar-refractivity contribution in [3.8, 4) is 45.4 Å². The van der Waals surface area contributed by atoms with Crippen LogP contribution < -0.4 is 0 Å². The first-order chi connectivity index (χ1) is 23.8. The van der Waals surface area contributed by atoms with Crippen LogP contribution in [0.5, 0.6) is 0 Å². The van der Waals surface area contributed by atoms with Gasteiger partial charge in [0.25, 0.3) is 0 Å². The molecule has 0 aliphatic rings. The van der Waals surface area contributed by atoms with E-state index >= 15 is 0 Å². The SMILES string of the molecule is c1ccc(-c2nc(-c3ccc4c(-c5nccc6oc7ccccc7c56)cccc4c3)nc(-c3cccc4oc5ccccc5c34)n2)cc1. The van der Waals surface area contributed by atoms with E-state index in [9.17, 15) is 0 Å². The lowest BCUT2D eigenvalue weighted by Crippen LogP contribution is -2.00. The largest absolute Gasteiger partial charge is 0.456 e. The van der Waals surface area contributed by atoms with Crippen LogP contribution in [0.1, 0.15) is 0 Å². The number of aromatic nitrogens is 4. The van der Waals surface area contributed by atoms with Crippen molar-refractivity contribution in [1.82, 2.24) is 19.9 Å². The monoisotopic (exact) mass is 616 g/mol. The van der Waals surface area contributed by atoms with Crippen LogP contribution >= 0.6 is 0 Å². The van der Waals surface area contributed by atoms with Gasteiger partial charge >= 0.3 is 0 Å². The Labute approximate surface area is 274 Å². The molecule has 224 valence electrons. The van der Waals surface area contributed by atoms with Gasteiger partial charge in [0.15, 0.2) is 17.5 Å². The fourth-order valence-corrected chi connectivity index (χ4v) is 6.81. The zero-order chi connectivity index (χ0) is 31.6. The Hall–Kier alpha value is -6.66. The van der Waals surface area contributed by atoms with Gasteiger partial charge in [0, 0.05) is 44.6 Å². The molecule has 0 saturated heterocycles. The molecule has 0 unspecified atom stereocenters. The van der Waals surface area contributed by atoms with Gasteiger partial charge < -0.3 is 8.83 Å². The predicted octanol–water partition coefficient (Wildman–Crippen LogP) is 10.9. The highest BCUT2D eigenvalue weighted by atomic mass is 16.3. The van der Waals surface area contributed by atoms with Crippen molar-refractivity contribution in [1.29, 1.82) is 0 Å². The Morgan fingerprint density at radius 2 is 1.02 bits per heavy atom. The van der Waals surface area contributed by atoms with Crippen molar-refractivity contribution in [3.63, 3.8) is 0 Å². The molecule has 10 aromatic rings. The normalized spacial score (nSPS) is 11.8. The number of rotatable bonds is 4. The Morgan fingerprint density at radius 1 is 0.396 bits per heavy atom. The van der Waals surface area contributed by atoms with E-state index in [2.05, 4.69) is 54.6 Å². The summed E-state index contributed by atoms with van der Waals surface area (Å²) in [6.45, 7) is 0. The third-order valence-electron chi connectivity index (χ3n) is 8.99. The van der Waals surface area contributed by atoms with Gasteiger partial charge in [-0.15, -0.1) is 0 Å². The second-order valence-corrected chi connectivity index (χ2v) is 11.8. The summed E-state index contributed by atoms with van der Waals surface area (Å²) in [4.78, 5) is 20.0. The summed E-state index contributed by atoms with van der Waals surface area (Å²) in [6.07, 6.45) is 1.81. The quantitative estimate of drug-likeness (QED) is 0.196. The highest BCUT2D eigenvalue weighted by Gasteiger charge is 2.19. The van der Waals surface area contributed by atoms with Crippen LogP contribution in [0, 0.1) is 0 Å². The smallest absolute Gasteiger partial charge is 0.164 e. The molecule has 0 fully saturated rings. The molecule has 6 nitrogen and oxygen atoms in total. The minimum atomic E-state index is 0.590. The number of nitrogens with zero attached hydrogens (tertiary/aromatic N) is 4. The number of benzene rings is 6. The molecule has 0 bridgehead atoms. The zero-order valence-corrected chi connectivity index (χ0v) is 25.5. The van der Waals surface area contributed by atoms with Crippen LogP contribution in [0.2, 0.25) is 0 Å². The molecule has 10 rings (SSSR count). The van der Waals surface area contributed by atoms with Gasteiger partial charge in [-0.1, -0.05) is 109 Å². The number of fused-ring (bicyclic) bond motifs is 7. The van der Waals surface area contributed by atoms with Gasteiger partial charge in [-0.3, -0.25) is 4.98 Å². The third kappa shape index (κ3) is 4.13. The first-order valence-electron chi connectivity index (χ1n) is 15.8. The van der Waals surface area contributed by atoms with E-state index < -0.39 is 0 Å². The fraction of sp³-hybridized carbons (Fsp3) is 0. The maximum Gasteiger partial charge on any atom is 0.164 e. The maximum absolute atomic E-state index is 6.20. The van der Waals surface area contributed by atoms with Crippen LogP contribution in [0.4, 0.5) is 0 Å². The van der Waals surface area contributed by atoms with Crippen molar-refractivity contribution >= 4 is 54.6 Å². The predicted molar refractivity (Wildman–Crippen MR) is 191 cm³/mol. The van der Waals surface area contributed by atoms with Crippen LogP contribution in [0.3, 0.4) is 0 Å². The van der Waals surface area contributed by atoms with Crippen LogP contribution in [-0.2, 0) is 0 Å². The van der Waals surface area contributed by atoms with E-state index in [0.717, 1.165) is 82.6 Å². The van der Waals surface area contributed by atoms with Crippen LogP contribution in [0.25, 0.3) is 100 Å². The van der Waals surface area contributed by atoms with Gasteiger partial charge in [0.1, 0.15) is 22.3 Å². The molecule has 0 aliphatic heterocycles. The lowest BCUT2D eigenvalue weighted by molar-refractivity contribution is 0.668. The molecule has 0 radical (unpaired) electrons. The Balaban J connectivity index is 1.17. The third-order valence-corrected chi connectivity index (χ3v) is 8.99. The zero-order valence-electron chi connectivity index (χ0n) is 25.5. The minimum Gasteiger partial charge on any atom is -0.456 e. The van der Waals surface area contributed by atoms with Crippen molar-refractivity contribution in [2.24, 2.45) is 0 Å². The average Bonchev–Trinajstić information content (AvgIpc) is 3.73. The summed E-state index contributed by atoms with van der Waals surface area (Å²) in [6, 6.07) is 46.9. The molecule has 6 aromatic carbocycles. The molecule has 48 heavy (non-hydrogen) atoms. The van der Waals surface area contributed by atoms with Crippen molar-refractivity contribution in [3.05, 3.63) is 146 Å². The van der Waals surface area contributed by atoms with E-state index in [-0.39, 0.29) is 0 Å². The molecule has 0 N–H and O–H groups in total. The molecular weight excluding hydrogens is 592 g/mol. The first kappa shape index (κ1) is 26.5. The molecule has 6 heteroatoms. The summed E-state index contributed by atoms with van der Waals surface area (Å²) < 4.78 is 12.4. The van der Waals surface area contributed by atoms with E-state index in [1.165, 1.54) is 0 Å². The lowest BCUT2D eigenvalue weighted by atomic mass is 9.97. The minimum absolute atomic E-state index is 0.590. The van der Waals surface area contributed by atoms with Crippen LogP contribution in [-0.4, -0.2) is 19.9 Å². The number of hydrogen-bond donors (Lipinski definition) is 0. The number of furan rings is 2. The topological polar surface area (TPSA) is 77.8 Å². The van der Waals surface area contributed by atoms with Gasteiger partial charge in [0.2, 0.25) is 0 Å². The van der Waals surface area contributed by atoms with Gasteiger partial charge in [-0.2, -0.15) is 0 Å². The second kappa shape index (κ2) is 10.4. The summed E-state index contributed by atoms with van der Waals surface area (Å²) in [5, 5.41) is 6.22. The van der Waals surface area contributed by atoms with E-state index in [4.69, 9.17) is 28.8 Å². The van der Waals surface area contributed by atoms with E-state index in [0.29, 0.717) is 17.5 Å². The van der Waals surface area contributed by atoms with Crippen molar-refractivity contribution in [2.45, 2.75) is 0 Å². The van der Waals surface area contributed by atoms with Crippen molar-refractivity contribution < 1.29 is 8.83 Å². The molecule has 0 atom stereocenters. The van der Waals surface area contributed by atoms with Gasteiger partial charge in [-0.25, -0.2) is 15.0 Å². The van der Waals surface area contributed by atoms with E-state index in [1.807, 2.05) is 91.1 Å². The molecule has 0 saturated carbocycles. The highest BCUT2D eigenvalue weighted by molar-refractivity contribution is 6.14.